The molecule has 1 saturated heterocycles. The zero-order valence-electron chi connectivity index (χ0n) is 15.6. The van der Waals surface area contributed by atoms with E-state index in [4.69, 9.17) is 5.11 Å². The molecular formula is C16H22N6O5S. The first-order valence-corrected chi connectivity index (χ1v) is 10.2. The highest BCUT2D eigenvalue weighted by molar-refractivity contribution is 7.89. The van der Waals surface area contributed by atoms with Crippen LogP contribution >= 0.6 is 0 Å². The van der Waals surface area contributed by atoms with Gasteiger partial charge in [0.2, 0.25) is 10.0 Å². The van der Waals surface area contributed by atoms with Crippen LogP contribution in [-0.4, -0.2) is 80.3 Å². The molecule has 28 heavy (non-hydrogen) atoms. The van der Waals surface area contributed by atoms with E-state index in [1.807, 2.05) is 0 Å². The molecule has 2 aromatic heterocycles. The number of aryl methyl sites for hydroxylation is 2. The maximum atomic E-state index is 12.8. The van der Waals surface area contributed by atoms with Crippen molar-refractivity contribution in [3.05, 3.63) is 29.8 Å². The van der Waals surface area contributed by atoms with Crippen molar-refractivity contribution in [2.75, 3.05) is 26.2 Å². The number of piperazine rings is 1. The third-order valence-corrected chi connectivity index (χ3v) is 6.81. The Kier molecular flexibility index (Phi) is 5.52. The molecule has 0 aromatic carbocycles. The van der Waals surface area contributed by atoms with Gasteiger partial charge in [-0.3, -0.25) is 19.0 Å². The molecule has 0 atom stereocenters. The highest BCUT2D eigenvalue weighted by Gasteiger charge is 2.33. The normalized spacial score (nSPS) is 15.7. The standard InChI is InChI=1S/C16H22N6O5S/c1-12-14(11-18-19(12)2)28(26,27)21-9-7-20(8-10-21)16(25)13-3-5-17-22(13)6-4-15(23)24/h3,5,11H,4,6-10H2,1-2H3,(H,23,24). The van der Waals surface area contributed by atoms with Gasteiger partial charge in [-0.05, 0) is 13.0 Å². The number of aromatic nitrogens is 4. The zero-order valence-corrected chi connectivity index (χ0v) is 16.5. The minimum Gasteiger partial charge on any atom is -0.481 e. The molecule has 0 saturated carbocycles. The molecule has 0 unspecified atom stereocenters. The third-order valence-electron chi connectivity index (χ3n) is 4.81. The number of nitrogens with zero attached hydrogens (tertiary/aromatic N) is 6. The molecule has 11 nitrogen and oxygen atoms in total. The Hall–Kier alpha value is -2.73. The Morgan fingerprint density at radius 2 is 1.86 bits per heavy atom. The van der Waals surface area contributed by atoms with E-state index in [1.165, 1.54) is 32.1 Å². The van der Waals surface area contributed by atoms with Crippen molar-refractivity contribution in [2.45, 2.75) is 24.8 Å². The van der Waals surface area contributed by atoms with Crippen LogP contribution in [0.15, 0.2) is 23.4 Å². The van der Waals surface area contributed by atoms with Crippen LogP contribution in [0.4, 0.5) is 0 Å². The predicted octanol–water partition coefficient (Wildman–Crippen LogP) is -0.454. The lowest BCUT2D eigenvalue weighted by molar-refractivity contribution is -0.137. The summed E-state index contributed by atoms with van der Waals surface area (Å²) in [7, 11) is -1.99. The van der Waals surface area contributed by atoms with Gasteiger partial charge in [-0.15, -0.1) is 0 Å². The first kappa shape index (κ1) is 20.0. The molecule has 1 amide bonds. The fourth-order valence-electron chi connectivity index (χ4n) is 3.06. The fourth-order valence-corrected chi connectivity index (χ4v) is 4.67. The molecular weight excluding hydrogens is 388 g/mol. The SMILES string of the molecule is Cc1c(S(=O)(=O)N2CCN(C(=O)c3ccnn3CCC(=O)O)CC2)cnn1C. The molecule has 1 N–H and O–H groups in total. The molecule has 1 fully saturated rings. The summed E-state index contributed by atoms with van der Waals surface area (Å²) >= 11 is 0. The van der Waals surface area contributed by atoms with Crippen LogP contribution in [0.3, 0.4) is 0 Å². The second-order valence-electron chi connectivity index (χ2n) is 6.50. The summed E-state index contributed by atoms with van der Waals surface area (Å²) in [5, 5.41) is 16.8. The fraction of sp³-hybridized carbons (Fsp3) is 0.500. The number of aliphatic carboxylic acids is 1. The molecule has 0 aliphatic carbocycles. The van der Waals surface area contributed by atoms with Crippen LogP contribution < -0.4 is 0 Å². The minimum absolute atomic E-state index is 0.0953. The number of sulfonamides is 1. The Labute approximate surface area is 162 Å². The first-order chi connectivity index (χ1) is 13.2. The second kappa shape index (κ2) is 7.72. The monoisotopic (exact) mass is 410 g/mol. The number of hydrogen-bond acceptors (Lipinski definition) is 6. The van der Waals surface area contributed by atoms with Gasteiger partial charge in [0, 0.05) is 39.4 Å². The van der Waals surface area contributed by atoms with E-state index >= 15 is 0 Å². The molecule has 152 valence electrons. The summed E-state index contributed by atoms with van der Waals surface area (Å²) in [6.07, 6.45) is 2.64. The van der Waals surface area contributed by atoms with E-state index in [0.717, 1.165) is 0 Å². The van der Waals surface area contributed by atoms with Crippen molar-refractivity contribution in [1.29, 1.82) is 0 Å². The van der Waals surface area contributed by atoms with Gasteiger partial charge in [0.15, 0.2) is 0 Å². The van der Waals surface area contributed by atoms with Gasteiger partial charge in [0.25, 0.3) is 5.91 Å². The van der Waals surface area contributed by atoms with Crippen molar-refractivity contribution in [2.24, 2.45) is 7.05 Å². The maximum Gasteiger partial charge on any atom is 0.305 e. The maximum absolute atomic E-state index is 12.8. The smallest absolute Gasteiger partial charge is 0.305 e. The van der Waals surface area contributed by atoms with Gasteiger partial charge in [-0.25, -0.2) is 8.42 Å². The van der Waals surface area contributed by atoms with Gasteiger partial charge in [-0.1, -0.05) is 0 Å². The van der Waals surface area contributed by atoms with Crippen LogP contribution in [0, 0.1) is 6.92 Å². The quantitative estimate of drug-likeness (QED) is 0.682. The van der Waals surface area contributed by atoms with Crippen LogP contribution in [0.25, 0.3) is 0 Å². The van der Waals surface area contributed by atoms with E-state index < -0.39 is 16.0 Å². The molecule has 1 aliphatic heterocycles. The van der Waals surface area contributed by atoms with Gasteiger partial charge in [-0.2, -0.15) is 14.5 Å². The van der Waals surface area contributed by atoms with E-state index in [1.54, 1.807) is 18.9 Å². The molecule has 3 heterocycles. The van der Waals surface area contributed by atoms with Crippen molar-refractivity contribution in [3.63, 3.8) is 0 Å². The van der Waals surface area contributed by atoms with Crippen molar-refractivity contribution < 1.29 is 23.1 Å². The third kappa shape index (κ3) is 3.78. The van der Waals surface area contributed by atoms with Crippen LogP contribution in [0.5, 0.6) is 0 Å². The number of carbonyl (C=O) groups excluding carboxylic acids is 1. The van der Waals surface area contributed by atoms with Crippen molar-refractivity contribution in [1.82, 2.24) is 28.8 Å². The van der Waals surface area contributed by atoms with Crippen LogP contribution in [-0.2, 0) is 28.4 Å². The highest BCUT2D eigenvalue weighted by Crippen LogP contribution is 2.21. The lowest BCUT2D eigenvalue weighted by Gasteiger charge is -2.33. The average Bonchev–Trinajstić information content (AvgIpc) is 3.26. The van der Waals surface area contributed by atoms with E-state index in [2.05, 4.69) is 10.2 Å². The van der Waals surface area contributed by atoms with Crippen molar-refractivity contribution >= 4 is 21.9 Å². The molecule has 0 bridgehead atoms. The topological polar surface area (TPSA) is 131 Å². The lowest BCUT2D eigenvalue weighted by Crippen LogP contribution is -2.50. The number of carboxylic acids is 1. The largest absolute Gasteiger partial charge is 0.481 e. The summed E-state index contributed by atoms with van der Waals surface area (Å²) in [5.74, 6) is -1.27. The lowest BCUT2D eigenvalue weighted by atomic mass is 10.3. The van der Waals surface area contributed by atoms with E-state index in [9.17, 15) is 18.0 Å². The van der Waals surface area contributed by atoms with Crippen LogP contribution in [0.2, 0.25) is 0 Å². The number of rotatable bonds is 6. The summed E-state index contributed by atoms with van der Waals surface area (Å²) in [6, 6.07) is 1.53. The molecule has 2 aromatic rings. The summed E-state index contributed by atoms with van der Waals surface area (Å²) < 4.78 is 29.9. The van der Waals surface area contributed by atoms with Gasteiger partial charge in [0.1, 0.15) is 10.6 Å². The molecule has 0 spiro atoms. The number of amides is 1. The summed E-state index contributed by atoms with van der Waals surface area (Å²) in [5.41, 5.74) is 0.849. The molecule has 1 aliphatic rings. The van der Waals surface area contributed by atoms with Gasteiger partial charge < -0.3 is 10.0 Å². The number of carboxylic acid groups (broad SMARTS) is 1. The number of carbonyl (C=O) groups is 2. The minimum atomic E-state index is -3.67. The Balaban J connectivity index is 1.67. The summed E-state index contributed by atoms with van der Waals surface area (Å²) in [6.45, 7) is 2.61. The molecule has 3 rings (SSSR count). The Bertz CT molecular complexity index is 987. The first-order valence-electron chi connectivity index (χ1n) is 8.73. The van der Waals surface area contributed by atoms with Gasteiger partial charge >= 0.3 is 5.97 Å². The van der Waals surface area contributed by atoms with Gasteiger partial charge in [0.05, 0.1) is 24.9 Å². The number of hydrogen-bond donors (Lipinski definition) is 1. The predicted molar refractivity (Wildman–Crippen MR) is 97.1 cm³/mol. The highest BCUT2D eigenvalue weighted by atomic mass is 32.2. The average molecular weight is 410 g/mol. The van der Waals surface area contributed by atoms with Crippen LogP contribution in [0.1, 0.15) is 22.6 Å². The Morgan fingerprint density at radius 1 is 1.18 bits per heavy atom. The molecule has 12 heteroatoms. The Morgan fingerprint density at radius 3 is 2.43 bits per heavy atom. The van der Waals surface area contributed by atoms with E-state index in [-0.39, 0.29) is 49.9 Å². The zero-order chi connectivity index (χ0) is 20.5. The second-order valence-corrected chi connectivity index (χ2v) is 8.40. The van der Waals surface area contributed by atoms with E-state index in [0.29, 0.717) is 11.4 Å². The summed E-state index contributed by atoms with van der Waals surface area (Å²) in [4.78, 5) is 25.2. The molecule has 0 radical (unpaired) electrons. The van der Waals surface area contributed by atoms with Crippen molar-refractivity contribution in [3.8, 4) is 0 Å².